The lowest BCUT2D eigenvalue weighted by atomic mass is 10.2. The standard InChI is InChI=1S/C19H19ClN4O5S/c1-21-19(25)15-10-14(7-8-16(15)28-3)30(26,27)24(2)11-17-22-18(23-29-17)12-5-4-6-13(20)9-12/h4-10H,11H2,1-3H3,(H,21,25). The average molecular weight is 451 g/mol. The molecule has 1 amide bonds. The first-order valence-corrected chi connectivity index (χ1v) is 10.5. The first-order valence-electron chi connectivity index (χ1n) is 8.71. The zero-order valence-electron chi connectivity index (χ0n) is 16.4. The lowest BCUT2D eigenvalue weighted by Crippen LogP contribution is -2.27. The molecule has 0 saturated heterocycles. The Labute approximate surface area is 178 Å². The van der Waals surface area contributed by atoms with Gasteiger partial charge in [0, 0.05) is 24.7 Å². The highest BCUT2D eigenvalue weighted by atomic mass is 35.5. The summed E-state index contributed by atoms with van der Waals surface area (Å²) < 4.78 is 37.3. The van der Waals surface area contributed by atoms with Crippen molar-refractivity contribution in [2.45, 2.75) is 11.4 Å². The molecule has 0 bridgehead atoms. The van der Waals surface area contributed by atoms with Crippen LogP contribution in [0.4, 0.5) is 0 Å². The number of carbonyl (C=O) groups excluding carboxylic acids is 1. The van der Waals surface area contributed by atoms with Gasteiger partial charge in [-0.3, -0.25) is 4.79 Å². The van der Waals surface area contributed by atoms with Crippen LogP contribution >= 0.6 is 11.6 Å². The third-order valence-electron chi connectivity index (χ3n) is 4.26. The maximum Gasteiger partial charge on any atom is 0.254 e. The minimum Gasteiger partial charge on any atom is -0.496 e. The molecule has 11 heteroatoms. The number of benzene rings is 2. The normalized spacial score (nSPS) is 11.5. The first-order chi connectivity index (χ1) is 14.3. The number of aromatic nitrogens is 2. The highest BCUT2D eigenvalue weighted by Crippen LogP contribution is 2.25. The van der Waals surface area contributed by atoms with Crippen molar-refractivity contribution in [3.63, 3.8) is 0 Å². The largest absolute Gasteiger partial charge is 0.496 e. The van der Waals surface area contributed by atoms with Crippen molar-refractivity contribution >= 4 is 27.5 Å². The predicted octanol–water partition coefficient (Wildman–Crippen LogP) is 2.58. The van der Waals surface area contributed by atoms with Gasteiger partial charge in [0.1, 0.15) is 5.75 Å². The molecule has 2 aromatic carbocycles. The SMILES string of the molecule is CNC(=O)c1cc(S(=O)(=O)N(C)Cc2nc(-c3cccc(Cl)c3)no2)ccc1OC. The van der Waals surface area contributed by atoms with Gasteiger partial charge >= 0.3 is 0 Å². The second-order valence-corrected chi connectivity index (χ2v) is 8.71. The summed E-state index contributed by atoms with van der Waals surface area (Å²) >= 11 is 5.97. The second-order valence-electron chi connectivity index (χ2n) is 6.22. The Morgan fingerprint density at radius 3 is 2.70 bits per heavy atom. The minimum absolute atomic E-state index is 0.0704. The number of halogens is 1. The topological polar surface area (TPSA) is 115 Å². The van der Waals surface area contributed by atoms with Crippen LogP contribution in [0.1, 0.15) is 16.2 Å². The van der Waals surface area contributed by atoms with Gasteiger partial charge in [-0.25, -0.2) is 8.42 Å². The summed E-state index contributed by atoms with van der Waals surface area (Å²) in [5.41, 5.74) is 0.754. The highest BCUT2D eigenvalue weighted by Gasteiger charge is 2.25. The van der Waals surface area contributed by atoms with Gasteiger partial charge in [0.05, 0.1) is 24.1 Å². The number of rotatable bonds is 7. The van der Waals surface area contributed by atoms with Gasteiger partial charge in [-0.2, -0.15) is 9.29 Å². The van der Waals surface area contributed by atoms with E-state index in [-0.39, 0.29) is 28.6 Å². The van der Waals surface area contributed by atoms with Crippen molar-refractivity contribution in [3.05, 3.63) is 58.9 Å². The van der Waals surface area contributed by atoms with Crippen LogP contribution in [-0.4, -0.2) is 50.0 Å². The lowest BCUT2D eigenvalue weighted by Gasteiger charge is -2.16. The third kappa shape index (κ3) is 4.45. The Hall–Kier alpha value is -2.95. The molecule has 0 spiro atoms. The molecular weight excluding hydrogens is 432 g/mol. The van der Waals surface area contributed by atoms with Crippen molar-refractivity contribution in [1.29, 1.82) is 0 Å². The maximum atomic E-state index is 13.0. The van der Waals surface area contributed by atoms with Gasteiger partial charge in [0.2, 0.25) is 21.7 Å². The predicted molar refractivity (Wildman–Crippen MR) is 110 cm³/mol. The van der Waals surface area contributed by atoms with Gasteiger partial charge in [-0.15, -0.1) is 0 Å². The molecule has 158 valence electrons. The number of nitrogens with zero attached hydrogens (tertiary/aromatic N) is 3. The monoisotopic (exact) mass is 450 g/mol. The van der Waals surface area contributed by atoms with E-state index >= 15 is 0 Å². The van der Waals surface area contributed by atoms with Crippen LogP contribution in [0.15, 0.2) is 51.9 Å². The Bertz CT molecular complexity index is 1180. The number of methoxy groups -OCH3 is 1. The smallest absolute Gasteiger partial charge is 0.254 e. The molecule has 1 N–H and O–H groups in total. The lowest BCUT2D eigenvalue weighted by molar-refractivity contribution is 0.0960. The quantitative estimate of drug-likeness (QED) is 0.588. The molecule has 0 aliphatic rings. The minimum atomic E-state index is -3.94. The summed E-state index contributed by atoms with van der Waals surface area (Å²) in [4.78, 5) is 16.2. The van der Waals surface area contributed by atoms with Crippen LogP contribution in [0.25, 0.3) is 11.4 Å². The van der Waals surface area contributed by atoms with E-state index < -0.39 is 15.9 Å². The zero-order chi connectivity index (χ0) is 21.9. The molecule has 0 fully saturated rings. The molecule has 0 radical (unpaired) electrons. The third-order valence-corrected chi connectivity index (χ3v) is 6.29. The molecule has 1 aromatic heterocycles. The molecule has 9 nitrogen and oxygen atoms in total. The van der Waals surface area contributed by atoms with Crippen molar-refractivity contribution in [3.8, 4) is 17.1 Å². The summed E-state index contributed by atoms with van der Waals surface area (Å²) in [5, 5.41) is 6.85. The van der Waals surface area contributed by atoms with Crippen LogP contribution in [0.3, 0.4) is 0 Å². The van der Waals surface area contributed by atoms with E-state index in [1.807, 2.05) is 0 Å². The fourth-order valence-corrected chi connectivity index (χ4v) is 4.02. The maximum absolute atomic E-state index is 13.0. The Balaban J connectivity index is 1.85. The Kier molecular flexibility index (Phi) is 6.40. The summed E-state index contributed by atoms with van der Waals surface area (Å²) in [5.74, 6) is 0.203. The number of sulfonamides is 1. The molecule has 1 heterocycles. The van der Waals surface area contributed by atoms with E-state index in [1.54, 1.807) is 24.3 Å². The number of hydrogen-bond donors (Lipinski definition) is 1. The van der Waals surface area contributed by atoms with E-state index in [1.165, 1.54) is 39.4 Å². The van der Waals surface area contributed by atoms with Gasteiger partial charge in [-0.05, 0) is 30.3 Å². The van der Waals surface area contributed by atoms with Crippen LogP contribution in [-0.2, 0) is 16.6 Å². The fraction of sp³-hybridized carbons (Fsp3) is 0.211. The molecular formula is C19H19ClN4O5S. The van der Waals surface area contributed by atoms with Crippen molar-refractivity contribution in [2.24, 2.45) is 0 Å². The van der Waals surface area contributed by atoms with Crippen molar-refractivity contribution in [2.75, 3.05) is 21.2 Å². The highest BCUT2D eigenvalue weighted by molar-refractivity contribution is 7.89. The van der Waals surface area contributed by atoms with E-state index in [9.17, 15) is 13.2 Å². The molecule has 0 aliphatic carbocycles. The van der Waals surface area contributed by atoms with Crippen LogP contribution in [0, 0.1) is 0 Å². The van der Waals surface area contributed by atoms with E-state index in [2.05, 4.69) is 15.5 Å². The van der Waals surface area contributed by atoms with Crippen LogP contribution in [0.5, 0.6) is 5.75 Å². The molecule has 30 heavy (non-hydrogen) atoms. The molecule has 0 saturated carbocycles. The van der Waals surface area contributed by atoms with Crippen molar-refractivity contribution < 1.29 is 22.5 Å². The summed E-state index contributed by atoms with van der Waals surface area (Å²) in [6, 6.07) is 10.9. The summed E-state index contributed by atoms with van der Waals surface area (Å²) in [7, 11) is 0.282. The number of nitrogens with one attached hydrogen (secondary N) is 1. The van der Waals surface area contributed by atoms with E-state index in [0.717, 1.165) is 4.31 Å². The summed E-state index contributed by atoms with van der Waals surface area (Å²) in [6.07, 6.45) is 0. The van der Waals surface area contributed by atoms with E-state index in [0.29, 0.717) is 16.4 Å². The Morgan fingerprint density at radius 1 is 1.27 bits per heavy atom. The Morgan fingerprint density at radius 2 is 2.03 bits per heavy atom. The van der Waals surface area contributed by atoms with Gasteiger partial charge in [0.25, 0.3) is 5.91 Å². The number of hydrogen-bond acceptors (Lipinski definition) is 7. The molecule has 3 aromatic rings. The second kappa shape index (κ2) is 8.82. The van der Waals surface area contributed by atoms with Crippen LogP contribution < -0.4 is 10.1 Å². The molecule has 3 rings (SSSR count). The molecule has 0 atom stereocenters. The fourth-order valence-electron chi connectivity index (χ4n) is 2.68. The number of carbonyl (C=O) groups is 1. The van der Waals surface area contributed by atoms with E-state index in [4.69, 9.17) is 20.9 Å². The van der Waals surface area contributed by atoms with Crippen LogP contribution in [0.2, 0.25) is 5.02 Å². The summed E-state index contributed by atoms with van der Waals surface area (Å²) in [6.45, 7) is -0.156. The molecule has 0 aliphatic heterocycles. The van der Waals surface area contributed by atoms with Gasteiger partial charge in [0.15, 0.2) is 0 Å². The zero-order valence-corrected chi connectivity index (χ0v) is 18.0. The average Bonchev–Trinajstić information content (AvgIpc) is 3.21. The number of amides is 1. The van der Waals surface area contributed by atoms with Gasteiger partial charge in [-0.1, -0.05) is 28.9 Å². The molecule has 0 unspecified atom stereocenters. The first kappa shape index (κ1) is 21.8. The number of ether oxygens (including phenoxy) is 1. The van der Waals surface area contributed by atoms with Crippen molar-refractivity contribution in [1.82, 2.24) is 19.8 Å². The van der Waals surface area contributed by atoms with Gasteiger partial charge < -0.3 is 14.6 Å².